The molecule has 1 N–H and O–H groups in total. The van der Waals surface area contributed by atoms with E-state index in [1.807, 2.05) is 6.07 Å². The first-order valence-electron chi connectivity index (χ1n) is 13.1. The van der Waals surface area contributed by atoms with Crippen molar-refractivity contribution in [2.24, 2.45) is 0 Å². The minimum Gasteiger partial charge on any atom is -0.497 e. The standard InChI is InChI=1S/C31H26Cl2FN3O5S/c1-42-24-11-6-21(7-12-24)31(39)37-16-15-20-5-10-23(17-29(20)37)35-30(38)19-36(18-26-27(33)3-2-4-28(26)34)43(40,41)25-13-8-22(32)9-14-25/h2-14,17H,15-16,18-19H2,1H3,(H,35,38). The Morgan fingerprint density at radius 1 is 1.00 bits per heavy atom. The third kappa shape index (κ3) is 6.67. The minimum atomic E-state index is -4.28. The molecule has 0 bridgehead atoms. The van der Waals surface area contributed by atoms with Crippen LogP contribution < -0.4 is 15.0 Å². The summed E-state index contributed by atoms with van der Waals surface area (Å²) in [5.74, 6) is -0.944. The highest BCUT2D eigenvalue weighted by atomic mass is 35.5. The van der Waals surface area contributed by atoms with Gasteiger partial charge in [0.15, 0.2) is 0 Å². The highest BCUT2D eigenvalue weighted by Gasteiger charge is 2.30. The summed E-state index contributed by atoms with van der Waals surface area (Å²) in [5, 5.41) is 3.07. The largest absolute Gasteiger partial charge is 0.497 e. The molecule has 0 aromatic heterocycles. The molecule has 43 heavy (non-hydrogen) atoms. The predicted molar refractivity (Wildman–Crippen MR) is 164 cm³/mol. The number of amides is 2. The monoisotopic (exact) mass is 641 g/mol. The normalized spacial score (nSPS) is 12.7. The van der Waals surface area contributed by atoms with Crippen LogP contribution in [0.4, 0.5) is 15.8 Å². The molecule has 0 unspecified atom stereocenters. The highest BCUT2D eigenvalue weighted by Crippen LogP contribution is 2.33. The molecule has 0 atom stereocenters. The summed E-state index contributed by atoms with van der Waals surface area (Å²) in [4.78, 5) is 28.0. The number of hydrogen-bond acceptors (Lipinski definition) is 5. The summed E-state index contributed by atoms with van der Waals surface area (Å²) in [6.07, 6.45) is 0.641. The van der Waals surface area contributed by atoms with E-state index in [4.69, 9.17) is 27.9 Å². The lowest BCUT2D eigenvalue weighted by Crippen LogP contribution is -2.38. The average Bonchev–Trinajstić information content (AvgIpc) is 3.41. The third-order valence-corrected chi connectivity index (χ3v) is 9.43. The van der Waals surface area contributed by atoms with Crippen molar-refractivity contribution in [1.82, 2.24) is 4.31 Å². The van der Waals surface area contributed by atoms with Crippen LogP contribution in [0.5, 0.6) is 5.75 Å². The second-order valence-corrected chi connectivity index (χ2v) is 12.5. The number of hydrogen-bond donors (Lipinski definition) is 1. The van der Waals surface area contributed by atoms with Gasteiger partial charge in [0.25, 0.3) is 5.91 Å². The Kier molecular flexibility index (Phi) is 9.03. The highest BCUT2D eigenvalue weighted by molar-refractivity contribution is 7.89. The number of anilines is 2. The summed E-state index contributed by atoms with van der Waals surface area (Å²) < 4.78 is 47.9. The zero-order valence-corrected chi connectivity index (χ0v) is 25.2. The van der Waals surface area contributed by atoms with E-state index < -0.39 is 34.8 Å². The van der Waals surface area contributed by atoms with Crippen molar-refractivity contribution in [3.63, 3.8) is 0 Å². The van der Waals surface area contributed by atoms with Crippen LogP contribution in [0.1, 0.15) is 21.5 Å². The van der Waals surface area contributed by atoms with E-state index in [2.05, 4.69) is 5.32 Å². The molecule has 0 saturated carbocycles. The number of carbonyl (C=O) groups excluding carboxylic acids is 2. The van der Waals surface area contributed by atoms with Crippen LogP contribution in [-0.4, -0.2) is 44.7 Å². The average molecular weight is 643 g/mol. The maximum atomic E-state index is 14.7. The zero-order valence-electron chi connectivity index (χ0n) is 22.9. The van der Waals surface area contributed by atoms with E-state index >= 15 is 0 Å². The van der Waals surface area contributed by atoms with Gasteiger partial charge in [0.05, 0.1) is 18.6 Å². The fourth-order valence-corrected chi connectivity index (χ4v) is 6.47. The van der Waals surface area contributed by atoms with Gasteiger partial charge >= 0.3 is 0 Å². The molecular weight excluding hydrogens is 616 g/mol. The molecular formula is C31H26Cl2FN3O5S. The van der Waals surface area contributed by atoms with Crippen molar-refractivity contribution in [3.05, 3.63) is 117 Å². The van der Waals surface area contributed by atoms with E-state index in [0.717, 1.165) is 15.9 Å². The van der Waals surface area contributed by atoms with Crippen LogP contribution in [0.25, 0.3) is 0 Å². The second-order valence-electron chi connectivity index (χ2n) is 9.75. The molecule has 1 aliphatic rings. The topological polar surface area (TPSA) is 96.0 Å². The van der Waals surface area contributed by atoms with Gasteiger partial charge in [-0.3, -0.25) is 9.59 Å². The number of ether oxygens (including phenoxy) is 1. The van der Waals surface area contributed by atoms with Crippen LogP contribution in [0.3, 0.4) is 0 Å². The Hall–Kier alpha value is -3.96. The quantitative estimate of drug-likeness (QED) is 0.236. The van der Waals surface area contributed by atoms with Gasteiger partial charge in [0.2, 0.25) is 15.9 Å². The third-order valence-electron chi connectivity index (χ3n) is 7.01. The van der Waals surface area contributed by atoms with Gasteiger partial charge in [0.1, 0.15) is 11.6 Å². The van der Waals surface area contributed by atoms with E-state index in [9.17, 15) is 22.4 Å². The Balaban J connectivity index is 1.38. The summed E-state index contributed by atoms with van der Waals surface area (Å²) in [6.45, 7) is -0.659. The lowest BCUT2D eigenvalue weighted by molar-refractivity contribution is -0.116. The fourth-order valence-electron chi connectivity index (χ4n) is 4.76. The number of carbonyl (C=O) groups is 2. The first kappa shape index (κ1) is 30.5. The summed E-state index contributed by atoms with van der Waals surface area (Å²) in [6, 6.07) is 21.4. The van der Waals surface area contributed by atoms with Crippen LogP contribution in [0.15, 0.2) is 89.8 Å². The number of nitrogens with zero attached hydrogens (tertiary/aromatic N) is 2. The van der Waals surface area contributed by atoms with Crippen molar-refractivity contribution in [3.8, 4) is 5.75 Å². The summed E-state index contributed by atoms with van der Waals surface area (Å²) in [7, 11) is -2.73. The maximum Gasteiger partial charge on any atom is 0.258 e. The van der Waals surface area contributed by atoms with Gasteiger partial charge in [-0.2, -0.15) is 4.31 Å². The van der Waals surface area contributed by atoms with Crippen molar-refractivity contribution >= 4 is 56.4 Å². The fraction of sp³-hybridized carbons (Fsp3) is 0.161. The molecule has 2 amide bonds. The van der Waals surface area contributed by atoms with E-state index in [1.165, 1.54) is 36.4 Å². The maximum absolute atomic E-state index is 14.7. The number of rotatable bonds is 9. The molecule has 0 radical (unpaired) electrons. The number of halogens is 3. The Morgan fingerprint density at radius 3 is 2.40 bits per heavy atom. The minimum absolute atomic E-state index is 0.0250. The van der Waals surface area contributed by atoms with Crippen molar-refractivity contribution in [2.45, 2.75) is 17.9 Å². The molecule has 0 spiro atoms. The van der Waals surface area contributed by atoms with Crippen molar-refractivity contribution < 1.29 is 27.1 Å². The molecule has 0 aliphatic carbocycles. The van der Waals surface area contributed by atoms with Gasteiger partial charge in [-0.1, -0.05) is 35.3 Å². The van der Waals surface area contributed by atoms with Crippen LogP contribution in [0, 0.1) is 5.82 Å². The molecule has 12 heteroatoms. The number of benzene rings is 4. The smallest absolute Gasteiger partial charge is 0.258 e. The molecule has 1 aliphatic heterocycles. The lowest BCUT2D eigenvalue weighted by Gasteiger charge is -2.23. The molecule has 4 aromatic rings. The Labute approximate surface area is 258 Å². The van der Waals surface area contributed by atoms with Crippen LogP contribution >= 0.6 is 23.2 Å². The Bertz CT molecular complexity index is 1760. The van der Waals surface area contributed by atoms with Gasteiger partial charge in [-0.05, 0) is 84.8 Å². The SMILES string of the molecule is COc1ccc(C(=O)N2CCc3ccc(NC(=O)CN(Cc4c(F)cccc4Cl)S(=O)(=O)c4ccc(Cl)cc4)cc32)cc1. The Morgan fingerprint density at radius 2 is 1.72 bits per heavy atom. The van der Waals surface area contributed by atoms with Gasteiger partial charge in [0, 0.05) is 45.6 Å². The molecule has 0 saturated heterocycles. The number of methoxy groups -OCH3 is 1. The van der Waals surface area contributed by atoms with Crippen molar-refractivity contribution in [2.75, 3.05) is 30.4 Å². The first-order valence-corrected chi connectivity index (χ1v) is 15.3. The molecule has 222 valence electrons. The van der Waals surface area contributed by atoms with E-state index in [0.29, 0.717) is 40.7 Å². The van der Waals surface area contributed by atoms with Crippen LogP contribution in [0.2, 0.25) is 10.0 Å². The van der Waals surface area contributed by atoms with E-state index in [-0.39, 0.29) is 21.4 Å². The summed E-state index contributed by atoms with van der Waals surface area (Å²) >= 11 is 12.1. The van der Waals surface area contributed by atoms with Gasteiger partial charge in [-0.15, -0.1) is 0 Å². The summed E-state index contributed by atoms with van der Waals surface area (Å²) in [5.41, 5.74) is 2.35. The van der Waals surface area contributed by atoms with Gasteiger partial charge in [-0.25, -0.2) is 12.8 Å². The molecule has 8 nitrogen and oxygen atoms in total. The lowest BCUT2D eigenvalue weighted by atomic mass is 10.1. The van der Waals surface area contributed by atoms with Crippen LogP contribution in [-0.2, 0) is 27.8 Å². The van der Waals surface area contributed by atoms with Crippen molar-refractivity contribution in [1.29, 1.82) is 0 Å². The first-order chi connectivity index (χ1) is 20.6. The molecule has 4 aromatic carbocycles. The second kappa shape index (κ2) is 12.7. The number of sulfonamides is 1. The number of fused-ring (bicyclic) bond motifs is 1. The zero-order chi connectivity index (χ0) is 30.7. The van der Waals surface area contributed by atoms with E-state index in [1.54, 1.807) is 48.4 Å². The molecule has 1 heterocycles. The molecule has 5 rings (SSSR count). The predicted octanol–water partition coefficient (Wildman–Crippen LogP) is 6.17. The molecule has 0 fully saturated rings. The van der Waals surface area contributed by atoms with Gasteiger partial charge < -0.3 is 15.0 Å². The number of nitrogens with one attached hydrogen (secondary N) is 1.